The first-order chi connectivity index (χ1) is 18.9. The standard InChI is InChI=1S/C35H48N2O2/c1-7-12-29(3)36(26-31-18-16-28(2)17-19-31)24-10-8-9-13-30(4)37(33-14-11-15-35(25-33)39-6)27-32-20-22-34(38-5)23-21-32/h8,10-11,14-23,25,29-30H,7,9,12-13,24,26-27H2,1-6H3/b10-8+. The average molecular weight is 529 g/mol. The number of aryl methyl sites for hydroxylation is 1. The van der Waals surface area contributed by atoms with Gasteiger partial charge in [-0.25, -0.2) is 0 Å². The van der Waals surface area contributed by atoms with Gasteiger partial charge in [-0.2, -0.15) is 0 Å². The maximum Gasteiger partial charge on any atom is 0.120 e. The third-order valence-corrected chi connectivity index (χ3v) is 7.52. The van der Waals surface area contributed by atoms with Crippen molar-refractivity contribution < 1.29 is 9.47 Å². The smallest absolute Gasteiger partial charge is 0.120 e. The first kappa shape index (κ1) is 30.3. The number of anilines is 1. The zero-order valence-electron chi connectivity index (χ0n) is 24.9. The van der Waals surface area contributed by atoms with Crippen molar-refractivity contribution in [1.29, 1.82) is 0 Å². The molecule has 0 radical (unpaired) electrons. The summed E-state index contributed by atoms with van der Waals surface area (Å²) in [6.07, 6.45) is 9.29. The first-order valence-corrected chi connectivity index (χ1v) is 14.4. The highest BCUT2D eigenvalue weighted by Gasteiger charge is 2.16. The molecule has 0 saturated carbocycles. The molecular formula is C35H48N2O2. The molecule has 39 heavy (non-hydrogen) atoms. The van der Waals surface area contributed by atoms with E-state index in [1.54, 1.807) is 14.2 Å². The molecule has 0 N–H and O–H groups in total. The van der Waals surface area contributed by atoms with Crippen LogP contribution in [0.4, 0.5) is 5.69 Å². The second-order valence-electron chi connectivity index (χ2n) is 10.6. The minimum absolute atomic E-state index is 0.367. The third-order valence-electron chi connectivity index (χ3n) is 7.52. The van der Waals surface area contributed by atoms with E-state index in [1.807, 2.05) is 18.2 Å². The van der Waals surface area contributed by atoms with Crippen molar-refractivity contribution in [2.75, 3.05) is 25.7 Å². The number of methoxy groups -OCH3 is 2. The third kappa shape index (κ3) is 9.78. The maximum absolute atomic E-state index is 5.53. The quantitative estimate of drug-likeness (QED) is 0.174. The van der Waals surface area contributed by atoms with E-state index in [4.69, 9.17) is 9.47 Å². The highest BCUT2D eigenvalue weighted by Crippen LogP contribution is 2.27. The molecule has 0 saturated heterocycles. The summed E-state index contributed by atoms with van der Waals surface area (Å²) in [6, 6.07) is 26.7. The fourth-order valence-electron chi connectivity index (χ4n) is 4.97. The van der Waals surface area contributed by atoms with E-state index in [9.17, 15) is 0 Å². The van der Waals surface area contributed by atoms with Crippen molar-refractivity contribution in [3.8, 4) is 11.5 Å². The Hall–Kier alpha value is -3.24. The van der Waals surface area contributed by atoms with Crippen LogP contribution in [-0.4, -0.2) is 37.7 Å². The van der Waals surface area contributed by atoms with E-state index in [0.29, 0.717) is 12.1 Å². The van der Waals surface area contributed by atoms with Crippen LogP contribution >= 0.6 is 0 Å². The zero-order valence-corrected chi connectivity index (χ0v) is 24.9. The molecule has 0 amide bonds. The minimum Gasteiger partial charge on any atom is -0.497 e. The number of ether oxygens (including phenoxy) is 2. The van der Waals surface area contributed by atoms with Crippen LogP contribution in [-0.2, 0) is 13.1 Å². The van der Waals surface area contributed by atoms with Crippen LogP contribution in [0, 0.1) is 6.92 Å². The van der Waals surface area contributed by atoms with Gasteiger partial charge >= 0.3 is 0 Å². The molecule has 0 aliphatic rings. The fraction of sp³-hybridized carbons (Fsp3) is 0.429. The molecule has 0 aliphatic heterocycles. The van der Waals surface area contributed by atoms with Gasteiger partial charge in [0, 0.05) is 43.5 Å². The molecule has 4 heteroatoms. The number of rotatable bonds is 16. The summed E-state index contributed by atoms with van der Waals surface area (Å²) in [5.41, 5.74) is 5.14. The minimum atomic E-state index is 0.367. The lowest BCUT2D eigenvalue weighted by Gasteiger charge is -2.32. The molecule has 3 aromatic rings. The summed E-state index contributed by atoms with van der Waals surface area (Å²) in [6.45, 7) is 11.9. The molecule has 0 spiro atoms. The predicted octanol–water partition coefficient (Wildman–Crippen LogP) is 8.43. The molecule has 0 fully saturated rings. The van der Waals surface area contributed by atoms with Crippen LogP contribution in [0.15, 0.2) is 84.9 Å². The summed E-state index contributed by atoms with van der Waals surface area (Å²) in [4.78, 5) is 5.07. The molecule has 3 aromatic carbocycles. The molecule has 0 heterocycles. The lowest BCUT2D eigenvalue weighted by Crippen LogP contribution is -2.33. The highest BCUT2D eigenvalue weighted by atomic mass is 16.5. The number of allylic oxidation sites excluding steroid dienone is 1. The lowest BCUT2D eigenvalue weighted by atomic mass is 10.1. The largest absolute Gasteiger partial charge is 0.497 e. The van der Waals surface area contributed by atoms with Crippen molar-refractivity contribution in [2.24, 2.45) is 0 Å². The fourth-order valence-corrected chi connectivity index (χ4v) is 4.97. The molecule has 0 bridgehead atoms. The molecule has 3 rings (SSSR count). The van der Waals surface area contributed by atoms with Crippen LogP contribution < -0.4 is 14.4 Å². The summed E-state index contributed by atoms with van der Waals surface area (Å²) in [7, 11) is 3.43. The molecule has 4 nitrogen and oxygen atoms in total. The Labute approximate surface area is 237 Å². The van der Waals surface area contributed by atoms with Gasteiger partial charge in [-0.1, -0.05) is 73.5 Å². The number of benzene rings is 3. The van der Waals surface area contributed by atoms with Crippen LogP contribution in [0.5, 0.6) is 11.5 Å². The summed E-state index contributed by atoms with van der Waals surface area (Å²) >= 11 is 0. The Kier molecular flexibility index (Phi) is 12.4. The molecule has 2 atom stereocenters. The van der Waals surface area contributed by atoms with Crippen LogP contribution in [0.25, 0.3) is 0 Å². The number of hydrogen-bond acceptors (Lipinski definition) is 4. The van der Waals surface area contributed by atoms with Gasteiger partial charge in [0.2, 0.25) is 0 Å². The van der Waals surface area contributed by atoms with E-state index in [2.05, 4.69) is 104 Å². The van der Waals surface area contributed by atoms with Gasteiger partial charge < -0.3 is 14.4 Å². The molecule has 210 valence electrons. The van der Waals surface area contributed by atoms with Gasteiger partial charge in [0.25, 0.3) is 0 Å². The van der Waals surface area contributed by atoms with Gasteiger partial charge in [-0.15, -0.1) is 0 Å². The average Bonchev–Trinajstić information content (AvgIpc) is 2.96. The Morgan fingerprint density at radius 3 is 2.08 bits per heavy atom. The van der Waals surface area contributed by atoms with E-state index >= 15 is 0 Å². The van der Waals surface area contributed by atoms with Gasteiger partial charge in [0.15, 0.2) is 0 Å². The van der Waals surface area contributed by atoms with E-state index in [-0.39, 0.29) is 0 Å². The van der Waals surface area contributed by atoms with Crippen molar-refractivity contribution in [1.82, 2.24) is 4.90 Å². The van der Waals surface area contributed by atoms with E-state index in [0.717, 1.165) is 44.0 Å². The molecule has 2 unspecified atom stereocenters. The van der Waals surface area contributed by atoms with Crippen molar-refractivity contribution in [2.45, 2.75) is 78.6 Å². The number of hydrogen-bond donors (Lipinski definition) is 0. The van der Waals surface area contributed by atoms with E-state index in [1.165, 1.54) is 35.2 Å². The summed E-state index contributed by atoms with van der Waals surface area (Å²) < 4.78 is 10.9. The lowest BCUT2D eigenvalue weighted by molar-refractivity contribution is 0.211. The zero-order chi connectivity index (χ0) is 28.0. The summed E-state index contributed by atoms with van der Waals surface area (Å²) in [5, 5.41) is 0. The van der Waals surface area contributed by atoms with Gasteiger partial charge in [-0.05, 0) is 75.4 Å². The van der Waals surface area contributed by atoms with Crippen LogP contribution in [0.3, 0.4) is 0 Å². The van der Waals surface area contributed by atoms with Gasteiger partial charge in [-0.3, -0.25) is 4.90 Å². The van der Waals surface area contributed by atoms with Crippen molar-refractivity contribution >= 4 is 5.69 Å². The first-order valence-electron chi connectivity index (χ1n) is 14.4. The van der Waals surface area contributed by atoms with Crippen LogP contribution in [0.2, 0.25) is 0 Å². The predicted molar refractivity (Wildman–Crippen MR) is 166 cm³/mol. The molecule has 0 aliphatic carbocycles. The molecule has 0 aromatic heterocycles. The second-order valence-corrected chi connectivity index (χ2v) is 10.6. The Morgan fingerprint density at radius 1 is 0.744 bits per heavy atom. The Bertz CT molecular complexity index is 1120. The van der Waals surface area contributed by atoms with Gasteiger partial charge in [0.05, 0.1) is 14.2 Å². The normalized spacial score (nSPS) is 13.0. The second kappa shape index (κ2) is 16.0. The van der Waals surface area contributed by atoms with Crippen molar-refractivity contribution in [3.05, 3.63) is 102 Å². The molecular weight excluding hydrogens is 480 g/mol. The van der Waals surface area contributed by atoms with E-state index < -0.39 is 0 Å². The van der Waals surface area contributed by atoms with Crippen LogP contribution in [0.1, 0.15) is 63.1 Å². The Morgan fingerprint density at radius 2 is 1.41 bits per heavy atom. The van der Waals surface area contributed by atoms with Crippen molar-refractivity contribution in [3.63, 3.8) is 0 Å². The number of nitrogens with zero attached hydrogens (tertiary/aromatic N) is 2. The SMILES string of the molecule is CCCC(C)N(C/C=C/CCC(C)N(Cc1ccc(OC)cc1)c1cccc(OC)c1)Cc1ccc(C)cc1. The Balaban J connectivity index is 1.64. The topological polar surface area (TPSA) is 24.9 Å². The van der Waals surface area contributed by atoms with Gasteiger partial charge in [0.1, 0.15) is 11.5 Å². The monoisotopic (exact) mass is 528 g/mol. The highest BCUT2D eigenvalue weighted by molar-refractivity contribution is 5.52. The summed E-state index contributed by atoms with van der Waals surface area (Å²) in [5.74, 6) is 1.77. The maximum atomic E-state index is 5.53.